The summed E-state index contributed by atoms with van der Waals surface area (Å²) < 4.78 is 5.16. The Labute approximate surface area is 166 Å². The van der Waals surface area contributed by atoms with E-state index in [9.17, 15) is 9.59 Å². The number of nitrogens with zero attached hydrogens (tertiary/aromatic N) is 1. The highest BCUT2D eigenvalue weighted by molar-refractivity contribution is 7.14. The van der Waals surface area contributed by atoms with Crippen LogP contribution < -0.4 is 5.32 Å². The molecule has 5 nitrogen and oxygen atoms in total. The van der Waals surface area contributed by atoms with Gasteiger partial charge in [0.25, 0.3) is 5.91 Å². The number of carbonyl (C=O) groups excluding carboxylic acids is 2. The predicted octanol–water partition coefficient (Wildman–Crippen LogP) is 4.02. The van der Waals surface area contributed by atoms with Gasteiger partial charge < -0.3 is 10.1 Å². The maximum absolute atomic E-state index is 12.4. The van der Waals surface area contributed by atoms with E-state index in [0.29, 0.717) is 18.7 Å². The van der Waals surface area contributed by atoms with E-state index >= 15 is 0 Å². The molecule has 0 bridgehead atoms. The van der Waals surface area contributed by atoms with Crippen molar-refractivity contribution in [1.82, 2.24) is 10.3 Å². The lowest BCUT2D eigenvalue weighted by molar-refractivity contribution is -0.147. The minimum atomic E-state index is -0.439. The van der Waals surface area contributed by atoms with E-state index in [1.54, 1.807) is 23.6 Å². The lowest BCUT2D eigenvalue weighted by Gasteiger charge is -2.16. The van der Waals surface area contributed by atoms with Gasteiger partial charge in [-0.3, -0.25) is 9.59 Å². The smallest absolute Gasteiger partial charge is 0.311 e. The van der Waals surface area contributed by atoms with Crippen molar-refractivity contribution in [1.29, 1.82) is 0 Å². The lowest BCUT2D eigenvalue weighted by atomic mass is 9.99. The van der Waals surface area contributed by atoms with Crippen molar-refractivity contribution in [2.45, 2.75) is 13.3 Å². The number of hydrogen-bond acceptors (Lipinski definition) is 6. The van der Waals surface area contributed by atoms with Gasteiger partial charge >= 0.3 is 5.97 Å². The number of thiazole rings is 1. The fraction of sp³-hybridized carbons (Fsp3) is 0.250. The Bertz CT molecular complexity index is 876. The molecule has 1 unspecified atom stereocenters. The maximum Gasteiger partial charge on any atom is 0.311 e. The van der Waals surface area contributed by atoms with Crippen molar-refractivity contribution in [3.63, 3.8) is 0 Å². The molecule has 3 aromatic rings. The van der Waals surface area contributed by atoms with Gasteiger partial charge in [-0.25, -0.2) is 4.98 Å². The average molecular weight is 401 g/mol. The summed E-state index contributed by atoms with van der Waals surface area (Å²) in [4.78, 5) is 29.1. The van der Waals surface area contributed by atoms with Gasteiger partial charge in [-0.05, 0) is 30.4 Å². The van der Waals surface area contributed by atoms with E-state index < -0.39 is 5.92 Å². The minimum Gasteiger partial charge on any atom is -0.466 e. The standard InChI is InChI=1S/C20H20N2O3S2/c1-2-25-20(24)16(10-14-6-4-3-5-7-14)11-21-18(23)17-13-27-19(22-17)15-8-9-26-12-15/h3-9,12-13,16H,2,10-11H2,1H3,(H,21,23). The Kier molecular flexibility index (Phi) is 6.73. The monoisotopic (exact) mass is 400 g/mol. The zero-order valence-corrected chi connectivity index (χ0v) is 16.5. The van der Waals surface area contributed by atoms with Crippen LogP contribution in [0.15, 0.2) is 52.5 Å². The normalized spacial score (nSPS) is 11.7. The summed E-state index contributed by atoms with van der Waals surface area (Å²) in [6.45, 7) is 2.29. The Morgan fingerprint density at radius 1 is 1.19 bits per heavy atom. The van der Waals surface area contributed by atoms with Gasteiger partial charge in [0.1, 0.15) is 10.7 Å². The molecule has 2 aromatic heterocycles. The highest BCUT2D eigenvalue weighted by Gasteiger charge is 2.22. The first-order chi connectivity index (χ1) is 13.2. The molecule has 1 atom stereocenters. The van der Waals surface area contributed by atoms with Crippen molar-refractivity contribution in [2.24, 2.45) is 5.92 Å². The number of nitrogens with one attached hydrogen (secondary N) is 1. The van der Waals surface area contributed by atoms with Gasteiger partial charge in [0.2, 0.25) is 0 Å². The number of ether oxygens (including phenoxy) is 1. The zero-order chi connectivity index (χ0) is 19.1. The number of esters is 1. The number of thiophene rings is 1. The Morgan fingerprint density at radius 2 is 2.00 bits per heavy atom. The summed E-state index contributed by atoms with van der Waals surface area (Å²) in [5.74, 6) is -1.03. The number of carbonyl (C=O) groups is 2. The number of rotatable bonds is 8. The van der Waals surface area contributed by atoms with E-state index in [-0.39, 0.29) is 18.4 Å². The third kappa shape index (κ3) is 5.24. The number of benzene rings is 1. The molecule has 1 N–H and O–H groups in total. The molecule has 2 heterocycles. The summed E-state index contributed by atoms with van der Waals surface area (Å²) in [5.41, 5.74) is 2.40. The molecule has 1 amide bonds. The van der Waals surface area contributed by atoms with Crippen molar-refractivity contribution in [2.75, 3.05) is 13.2 Å². The average Bonchev–Trinajstić information content (AvgIpc) is 3.37. The van der Waals surface area contributed by atoms with E-state index in [4.69, 9.17) is 4.74 Å². The molecule has 0 spiro atoms. The molecule has 140 valence electrons. The van der Waals surface area contributed by atoms with Crippen molar-refractivity contribution < 1.29 is 14.3 Å². The second-order valence-electron chi connectivity index (χ2n) is 5.90. The minimum absolute atomic E-state index is 0.206. The van der Waals surface area contributed by atoms with Crippen molar-refractivity contribution in [3.05, 3.63) is 63.8 Å². The van der Waals surface area contributed by atoms with Crippen molar-refractivity contribution in [3.8, 4) is 10.6 Å². The second-order valence-corrected chi connectivity index (χ2v) is 7.54. The van der Waals surface area contributed by atoms with Crippen LogP contribution in [0.5, 0.6) is 0 Å². The van der Waals surface area contributed by atoms with E-state index in [2.05, 4.69) is 10.3 Å². The molecular weight excluding hydrogens is 380 g/mol. The summed E-state index contributed by atoms with van der Waals surface area (Å²) in [7, 11) is 0. The van der Waals surface area contributed by atoms with Gasteiger partial charge in [-0.1, -0.05) is 30.3 Å². The second kappa shape index (κ2) is 9.43. The van der Waals surface area contributed by atoms with Crippen molar-refractivity contribution >= 4 is 34.6 Å². The first-order valence-corrected chi connectivity index (χ1v) is 10.5. The third-order valence-corrected chi connectivity index (χ3v) is 5.53. The molecule has 0 saturated heterocycles. The predicted molar refractivity (Wildman–Crippen MR) is 108 cm³/mol. The fourth-order valence-electron chi connectivity index (χ4n) is 2.60. The molecule has 27 heavy (non-hydrogen) atoms. The zero-order valence-electron chi connectivity index (χ0n) is 14.9. The molecular formula is C20H20N2O3S2. The molecule has 7 heteroatoms. The molecule has 0 saturated carbocycles. The van der Waals surface area contributed by atoms with E-state index in [1.165, 1.54) is 11.3 Å². The molecule has 1 aromatic carbocycles. The quantitative estimate of drug-likeness (QED) is 0.580. The number of aromatic nitrogens is 1. The van der Waals surface area contributed by atoms with Crippen LogP contribution in [-0.2, 0) is 16.0 Å². The molecule has 0 radical (unpaired) electrons. The first-order valence-electron chi connectivity index (χ1n) is 8.64. The van der Waals surface area contributed by atoms with E-state index in [1.807, 2.05) is 47.2 Å². The highest BCUT2D eigenvalue weighted by Crippen LogP contribution is 2.25. The molecule has 0 aliphatic carbocycles. The molecule has 0 aliphatic rings. The van der Waals surface area contributed by atoms with Crippen LogP contribution >= 0.6 is 22.7 Å². The lowest BCUT2D eigenvalue weighted by Crippen LogP contribution is -2.35. The molecule has 0 aliphatic heterocycles. The summed E-state index contributed by atoms with van der Waals surface area (Å²) >= 11 is 3.02. The van der Waals surface area contributed by atoms with Crippen LogP contribution in [0.1, 0.15) is 23.0 Å². The summed E-state index contributed by atoms with van der Waals surface area (Å²) in [6, 6.07) is 11.7. The van der Waals surface area contributed by atoms with Gasteiger partial charge in [-0.2, -0.15) is 11.3 Å². The van der Waals surface area contributed by atoms with Crippen LogP contribution in [0.25, 0.3) is 10.6 Å². The third-order valence-electron chi connectivity index (χ3n) is 3.96. The molecule has 0 fully saturated rings. The van der Waals surface area contributed by atoms with Gasteiger partial charge in [0, 0.05) is 22.9 Å². The van der Waals surface area contributed by atoms with Crippen LogP contribution in [0, 0.1) is 5.92 Å². The van der Waals surface area contributed by atoms with Crippen LogP contribution in [0.4, 0.5) is 0 Å². The largest absolute Gasteiger partial charge is 0.466 e. The number of hydrogen-bond donors (Lipinski definition) is 1. The topological polar surface area (TPSA) is 68.3 Å². The van der Waals surface area contributed by atoms with Crippen LogP contribution in [0.2, 0.25) is 0 Å². The van der Waals surface area contributed by atoms with Crippen LogP contribution in [0.3, 0.4) is 0 Å². The van der Waals surface area contributed by atoms with E-state index in [0.717, 1.165) is 16.1 Å². The summed E-state index contributed by atoms with van der Waals surface area (Å²) in [6.07, 6.45) is 0.511. The number of amides is 1. The Balaban J connectivity index is 1.63. The fourth-order valence-corrected chi connectivity index (χ4v) is 4.11. The van der Waals surface area contributed by atoms with Gasteiger partial charge in [0.15, 0.2) is 0 Å². The Morgan fingerprint density at radius 3 is 2.70 bits per heavy atom. The first kappa shape index (κ1) is 19.3. The summed E-state index contributed by atoms with van der Waals surface area (Å²) in [5, 5.41) is 9.35. The van der Waals surface area contributed by atoms with Crippen LogP contribution in [-0.4, -0.2) is 30.0 Å². The maximum atomic E-state index is 12.4. The van der Waals surface area contributed by atoms with Gasteiger partial charge in [0.05, 0.1) is 12.5 Å². The SMILES string of the molecule is CCOC(=O)C(CNC(=O)c1csc(-c2ccsc2)n1)Cc1ccccc1. The highest BCUT2D eigenvalue weighted by atomic mass is 32.1. The Hall–Kier alpha value is -2.51. The molecule has 3 rings (SSSR count). The van der Waals surface area contributed by atoms with Gasteiger partial charge in [-0.15, -0.1) is 11.3 Å².